The zero-order valence-corrected chi connectivity index (χ0v) is 32.2. The van der Waals surface area contributed by atoms with Gasteiger partial charge in [0.15, 0.2) is 0 Å². The molecule has 0 unspecified atom stereocenters. The fraction of sp³-hybridized carbons (Fsp3) is 0.111. The quantitative estimate of drug-likeness (QED) is 0.146. The fourth-order valence-electron chi connectivity index (χ4n) is 2.99. The van der Waals surface area contributed by atoms with E-state index in [1.807, 2.05) is 19.9 Å². The average Bonchev–Trinajstić information content (AvgIpc) is 2.90. The maximum absolute atomic E-state index is 10.9. The average molecular weight is 852 g/mol. The molecular weight excluding hydrogens is 829 g/mol. The Bertz CT molecular complexity index is 2110. The monoisotopic (exact) mass is 848 g/mol. The van der Waals surface area contributed by atoms with Gasteiger partial charge in [-0.3, -0.25) is 0 Å². The minimum absolute atomic E-state index is 0.0515. The van der Waals surface area contributed by atoms with Crippen molar-refractivity contribution < 1.29 is 33.7 Å². The number of hydrogen-bond donors (Lipinski definition) is 0. The Morgan fingerprint density at radius 1 is 0.413 bits per heavy atom. The summed E-state index contributed by atoms with van der Waals surface area (Å²) in [7, 11) is 5.86. The first kappa shape index (κ1) is 42.7. The molecule has 0 radical (unpaired) electrons. The van der Waals surface area contributed by atoms with Gasteiger partial charge in [-0.2, -0.15) is 0 Å². The van der Waals surface area contributed by atoms with Crippen LogP contribution in [0.2, 0.25) is 15.1 Å². The molecule has 0 aliphatic carbocycles. The summed E-state index contributed by atoms with van der Waals surface area (Å²) in [6, 6.07) is 21.8. The van der Waals surface area contributed by atoms with Gasteiger partial charge in [0.1, 0.15) is 4.90 Å². The highest BCUT2D eigenvalue weighted by Crippen LogP contribution is 2.33. The summed E-state index contributed by atoms with van der Waals surface area (Å²) in [6.45, 7) is 5.39. The molecule has 0 heterocycles. The molecule has 0 aliphatic rings. The molecule has 4 rings (SSSR count). The van der Waals surface area contributed by atoms with Crippen molar-refractivity contribution in [2.45, 2.75) is 40.4 Å². The van der Waals surface area contributed by atoms with Crippen molar-refractivity contribution in [1.29, 1.82) is 0 Å². The van der Waals surface area contributed by atoms with Crippen molar-refractivity contribution >= 4 is 114 Å². The van der Waals surface area contributed by atoms with E-state index in [1.165, 1.54) is 36.4 Å². The van der Waals surface area contributed by atoms with Crippen LogP contribution >= 0.6 is 77.5 Å². The number of benzene rings is 4. The fourth-order valence-corrected chi connectivity index (χ4v) is 7.80. The molecule has 0 saturated heterocycles. The normalized spacial score (nSPS) is 11.5. The molecule has 0 aliphatic heterocycles. The topological polar surface area (TPSA) is 137 Å². The van der Waals surface area contributed by atoms with Crippen molar-refractivity contribution in [2.24, 2.45) is 0 Å². The van der Waals surface area contributed by atoms with Crippen LogP contribution in [0.3, 0.4) is 0 Å². The number of halogens is 7. The summed E-state index contributed by atoms with van der Waals surface area (Å²) in [5.74, 6) is 0. The zero-order chi connectivity index (χ0) is 35.7. The number of rotatable bonds is 4. The number of aryl methyl sites for hydroxylation is 3. The minimum Gasteiger partial charge on any atom is -0.207 e. The van der Waals surface area contributed by atoms with E-state index in [0.717, 1.165) is 17.2 Å². The second-order valence-corrected chi connectivity index (χ2v) is 20.3. The van der Waals surface area contributed by atoms with Crippen molar-refractivity contribution in [2.75, 3.05) is 0 Å². The lowest BCUT2D eigenvalue weighted by Crippen LogP contribution is -1.92. The lowest BCUT2D eigenvalue weighted by atomic mass is 10.2. The van der Waals surface area contributed by atoms with Gasteiger partial charge >= 0.3 is 0 Å². The van der Waals surface area contributed by atoms with Crippen LogP contribution in [0.15, 0.2) is 105 Å². The highest BCUT2D eigenvalue weighted by molar-refractivity contribution is 8.14. The maximum Gasteiger partial charge on any atom is 0.262 e. The molecular formula is C27H23Cl7O8S4. The summed E-state index contributed by atoms with van der Waals surface area (Å²) in [6.07, 6.45) is 0. The third-order valence-electron chi connectivity index (χ3n) is 5.17. The molecule has 4 aromatic rings. The summed E-state index contributed by atoms with van der Waals surface area (Å²) in [4.78, 5) is 0.232. The van der Waals surface area contributed by atoms with Gasteiger partial charge in [0.25, 0.3) is 36.2 Å². The summed E-state index contributed by atoms with van der Waals surface area (Å²) in [5.41, 5.74) is 2.56. The van der Waals surface area contributed by atoms with E-state index in [1.54, 1.807) is 43.3 Å². The Balaban J connectivity index is 0.000000307. The van der Waals surface area contributed by atoms with Crippen LogP contribution in [0.25, 0.3) is 0 Å². The van der Waals surface area contributed by atoms with Gasteiger partial charge < -0.3 is 0 Å². The SMILES string of the molecule is Cc1ccc(S(=O)(=O)Cl)cc1.Cc1cccc(S(=O)(=O)Cl)c1.Cc1ccccc1S(=O)(=O)Cl.O=S(=O)(Cl)c1cc(Cl)c(Cl)cc1Cl. The molecule has 4 aromatic carbocycles. The van der Waals surface area contributed by atoms with Crippen molar-refractivity contribution in [3.8, 4) is 0 Å². The molecule has 0 saturated carbocycles. The molecule has 0 atom stereocenters. The first-order valence-corrected chi connectivity index (χ1v) is 22.3. The molecule has 0 N–H and O–H groups in total. The molecule has 0 spiro atoms. The summed E-state index contributed by atoms with van der Waals surface area (Å²) in [5, 5.41) is 0.213. The third-order valence-corrected chi connectivity index (χ3v) is 11.9. The molecule has 46 heavy (non-hydrogen) atoms. The van der Waals surface area contributed by atoms with E-state index >= 15 is 0 Å². The molecule has 252 valence electrons. The van der Waals surface area contributed by atoms with Crippen LogP contribution in [0, 0.1) is 20.8 Å². The van der Waals surface area contributed by atoms with Gasteiger partial charge in [0, 0.05) is 42.7 Å². The second-order valence-electron chi connectivity index (χ2n) is 8.84. The molecule has 19 heteroatoms. The Morgan fingerprint density at radius 2 is 0.891 bits per heavy atom. The highest BCUT2D eigenvalue weighted by Gasteiger charge is 2.17. The standard InChI is InChI=1S/3C7H7ClO2S.C6H2Cl4O2S/c1-6-2-4-7(5-3-6)11(8,9)10;1-6-3-2-4-7(5-6)11(8,9)10;1-6-4-2-3-5-7(6)11(8,9)10;7-3-1-5(9)6(2-4(3)8)13(10,11)12/h3*2-5H,1H3;1-2H. The van der Waals surface area contributed by atoms with E-state index in [-0.39, 0.29) is 34.6 Å². The van der Waals surface area contributed by atoms with Crippen LogP contribution in [-0.2, 0) is 36.2 Å². The second kappa shape index (κ2) is 17.9. The minimum atomic E-state index is -3.88. The highest BCUT2D eigenvalue weighted by atomic mass is 35.7. The van der Waals surface area contributed by atoms with E-state index < -0.39 is 36.2 Å². The van der Waals surface area contributed by atoms with Gasteiger partial charge in [-0.1, -0.05) is 82.8 Å². The van der Waals surface area contributed by atoms with Gasteiger partial charge in [-0.25, -0.2) is 33.7 Å². The third kappa shape index (κ3) is 15.3. The lowest BCUT2D eigenvalue weighted by molar-refractivity contribution is 0.607. The maximum atomic E-state index is 10.9. The predicted octanol–water partition coefficient (Wildman–Crippen LogP) is 9.34. The summed E-state index contributed by atoms with van der Waals surface area (Å²) < 4.78 is 86.4. The van der Waals surface area contributed by atoms with Crippen LogP contribution < -0.4 is 0 Å². The van der Waals surface area contributed by atoms with Crippen molar-refractivity contribution in [3.63, 3.8) is 0 Å². The first-order chi connectivity index (χ1) is 20.8. The van der Waals surface area contributed by atoms with Gasteiger partial charge in [0.2, 0.25) is 0 Å². The van der Waals surface area contributed by atoms with Crippen molar-refractivity contribution in [3.05, 3.63) is 117 Å². The Labute approximate surface area is 301 Å². The Kier molecular flexibility index (Phi) is 16.6. The van der Waals surface area contributed by atoms with E-state index in [2.05, 4.69) is 0 Å². The first-order valence-electron chi connectivity index (χ1n) is 12.0. The predicted molar refractivity (Wildman–Crippen MR) is 187 cm³/mol. The van der Waals surface area contributed by atoms with Crippen LogP contribution in [-0.4, -0.2) is 33.7 Å². The van der Waals surface area contributed by atoms with Crippen molar-refractivity contribution in [1.82, 2.24) is 0 Å². The summed E-state index contributed by atoms with van der Waals surface area (Å²) >= 11 is 16.7. The Hall–Kier alpha value is -1.29. The van der Waals surface area contributed by atoms with E-state index in [4.69, 9.17) is 77.5 Å². The molecule has 8 nitrogen and oxygen atoms in total. The lowest BCUT2D eigenvalue weighted by Gasteiger charge is -2.01. The Morgan fingerprint density at radius 3 is 1.28 bits per heavy atom. The van der Waals surface area contributed by atoms with Crippen LogP contribution in [0.5, 0.6) is 0 Å². The van der Waals surface area contributed by atoms with Gasteiger partial charge in [0.05, 0.1) is 29.8 Å². The van der Waals surface area contributed by atoms with E-state index in [0.29, 0.717) is 5.56 Å². The molecule has 0 fully saturated rings. The largest absolute Gasteiger partial charge is 0.262 e. The van der Waals surface area contributed by atoms with E-state index in [9.17, 15) is 33.7 Å². The van der Waals surface area contributed by atoms with Crippen LogP contribution in [0.4, 0.5) is 0 Å². The molecule has 0 amide bonds. The molecule has 0 aromatic heterocycles. The number of hydrogen-bond acceptors (Lipinski definition) is 8. The van der Waals surface area contributed by atoms with Gasteiger partial charge in [-0.15, -0.1) is 0 Å². The van der Waals surface area contributed by atoms with Crippen LogP contribution in [0.1, 0.15) is 16.7 Å². The van der Waals surface area contributed by atoms with Gasteiger partial charge in [-0.05, 0) is 74.4 Å². The molecule has 0 bridgehead atoms. The smallest absolute Gasteiger partial charge is 0.207 e. The zero-order valence-electron chi connectivity index (χ0n) is 23.6.